The second kappa shape index (κ2) is 11.1. The highest BCUT2D eigenvalue weighted by molar-refractivity contribution is 7.09. The third kappa shape index (κ3) is 6.92. The molecule has 0 aliphatic carbocycles. The summed E-state index contributed by atoms with van der Waals surface area (Å²) in [4.78, 5) is 21.8. The van der Waals surface area contributed by atoms with Crippen LogP contribution in [0.1, 0.15) is 37.0 Å². The Bertz CT molecular complexity index is 886. The summed E-state index contributed by atoms with van der Waals surface area (Å²) in [6.45, 7) is 12.3. The van der Waals surface area contributed by atoms with E-state index < -0.39 is 0 Å². The summed E-state index contributed by atoms with van der Waals surface area (Å²) in [6, 6.07) is 5.85. The first-order chi connectivity index (χ1) is 15.3. The average Bonchev–Trinajstić information content (AvgIpc) is 3.24. The van der Waals surface area contributed by atoms with Crippen LogP contribution in [0, 0.1) is 0 Å². The summed E-state index contributed by atoms with van der Waals surface area (Å²) in [7, 11) is 3.25. The molecule has 1 aliphatic heterocycles. The molecule has 0 bridgehead atoms. The summed E-state index contributed by atoms with van der Waals surface area (Å²) in [5, 5.41) is 6.39. The van der Waals surface area contributed by atoms with Gasteiger partial charge in [0.1, 0.15) is 5.01 Å². The average molecular weight is 461 g/mol. The molecule has 1 N–H and O–H groups in total. The van der Waals surface area contributed by atoms with E-state index in [9.17, 15) is 4.79 Å². The van der Waals surface area contributed by atoms with Crippen LogP contribution in [0.4, 0.5) is 0 Å². The maximum atomic E-state index is 12.4. The molecular formula is C24H36N4O3S. The molecule has 2 aromatic rings. The lowest BCUT2D eigenvalue weighted by Crippen LogP contribution is -2.49. The number of rotatable bonds is 9. The Hall–Kier alpha value is -2.16. The number of carbonyl (C=O) groups excluding carboxylic acids is 1. The Morgan fingerprint density at radius 1 is 1.09 bits per heavy atom. The number of amides is 1. The van der Waals surface area contributed by atoms with E-state index in [1.807, 2.05) is 18.2 Å². The van der Waals surface area contributed by atoms with Crippen LogP contribution in [0.15, 0.2) is 23.6 Å². The zero-order chi connectivity index (χ0) is 23.1. The van der Waals surface area contributed by atoms with Crippen LogP contribution in [0.5, 0.6) is 11.5 Å². The number of hydrogen-bond donors (Lipinski definition) is 1. The van der Waals surface area contributed by atoms with Crippen LogP contribution in [0.2, 0.25) is 0 Å². The Kier molecular flexibility index (Phi) is 8.51. The lowest BCUT2D eigenvalue weighted by Gasteiger charge is -2.33. The molecule has 0 unspecified atom stereocenters. The maximum Gasteiger partial charge on any atom is 0.234 e. The van der Waals surface area contributed by atoms with Gasteiger partial charge in [0.25, 0.3) is 0 Å². The predicted octanol–water partition coefficient (Wildman–Crippen LogP) is 2.93. The number of benzene rings is 1. The topological polar surface area (TPSA) is 66.9 Å². The highest BCUT2D eigenvalue weighted by atomic mass is 32.1. The molecule has 0 atom stereocenters. The van der Waals surface area contributed by atoms with Crippen LogP contribution < -0.4 is 14.8 Å². The molecule has 8 heteroatoms. The molecule has 2 heterocycles. The van der Waals surface area contributed by atoms with E-state index in [2.05, 4.69) is 41.3 Å². The zero-order valence-electron chi connectivity index (χ0n) is 19.9. The van der Waals surface area contributed by atoms with E-state index in [1.54, 1.807) is 25.6 Å². The normalized spacial score (nSPS) is 15.5. The lowest BCUT2D eigenvalue weighted by molar-refractivity contribution is -0.122. The van der Waals surface area contributed by atoms with Crippen LogP contribution in [0.3, 0.4) is 0 Å². The van der Waals surface area contributed by atoms with Gasteiger partial charge in [0.15, 0.2) is 11.5 Å². The Labute approximate surface area is 195 Å². The second-order valence-electron chi connectivity index (χ2n) is 9.22. The number of ether oxygens (including phenoxy) is 2. The number of methoxy groups -OCH3 is 2. The van der Waals surface area contributed by atoms with E-state index >= 15 is 0 Å². The Morgan fingerprint density at radius 3 is 2.41 bits per heavy atom. The molecule has 176 valence electrons. The molecule has 7 nitrogen and oxygen atoms in total. The standard InChI is InChI=1S/C24H36N4O3S/c1-24(2,3)21-17-32-23(26-21)16-28-12-10-27(11-13-28)15-22(29)25-9-8-18-6-7-19(30-4)20(14-18)31-5/h6-7,14,17H,8-13,15-16H2,1-5H3,(H,25,29). The van der Waals surface area contributed by atoms with Gasteiger partial charge in [-0.2, -0.15) is 0 Å². The highest BCUT2D eigenvalue weighted by Crippen LogP contribution is 2.27. The molecular weight excluding hydrogens is 424 g/mol. The first-order valence-electron chi connectivity index (χ1n) is 11.2. The lowest BCUT2D eigenvalue weighted by atomic mass is 9.93. The van der Waals surface area contributed by atoms with Gasteiger partial charge in [-0.25, -0.2) is 4.98 Å². The third-order valence-electron chi connectivity index (χ3n) is 5.69. The van der Waals surface area contributed by atoms with Gasteiger partial charge in [-0.1, -0.05) is 26.8 Å². The van der Waals surface area contributed by atoms with Crippen LogP contribution in [-0.2, 0) is 23.2 Å². The van der Waals surface area contributed by atoms with Crippen molar-refractivity contribution >= 4 is 17.2 Å². The molecule has 1 aliphatic rings. The number of aromatic nitrogens is 1. The van der Waals surface area contributed by atoms with Crippen molar-refractivity contribution in [2.24, 2.45) is 0 Å². The highest BCUT2D eigenvalue weighted by Gasteiger charge is 2.21. The van der Waals surface area contributed by atoms with Crippen molar-refractivity contribution in [3.63, 3.8) is 0 Å². The zero-order valence-corrected chi connectivity index (χ0v) is 20.8. The number of nitrogens with zero attached hydrogens (tertiary/aromatic N) is 3. The van der Waals surface area contributed by atoms with Crippen molar-refractivity contribution in [3.8, 4) is 11.5 Å². The van der Waals surface area contributed by atoms with Crippen LogP contribution in [0.25, 0.3) is 0 Å². The fraction of sp³-hybridized carbons (Fsp3) is 0.583. The molecule has 0 radical (unpaired) electrons. The molecule has 1 aromatic carbocycles. The summed E-state index contributed by atoms with van der Waals surface area (Å²) >= 11 is 1.75. The summed E-state index contributed by atoms with van der Waals surface area (Å²) < 4.78 is 10.6. The number of piperazine rings is 1. The molecule has 32 heavy (non-hydrogen) atoms. The number of nitrogens with one attached hydrogen (secondary N) is 1. The van der Waals surface area contributed by atoms with Crippen molar-refractivity contribution in [2.45, 2.75) is 39.2 Å². The monoisotopic (exact) mass is 460 g/mol. The fourth-order valence-electron chi connectivity index (χ4n) is 3.67. The van der Waals surface area contributed by atoms with Gasteiger partial charge in [0.2, 0.25) is 5.91 Å². The van der Waals surface area contributed by atoms with E-state index in [0.717, 1.165) is 44.7 Å². The maximum absolute atomic E-state index is 12.4. The van der Waals surface area contributed by atoms with Gasteiger partial charge in [-0.15, -0.1) is 11.3 Å². The van der Waals surface area contributed by atoms with Gasteiger partial charge in [0.05, 0.1) is 33.0 Å². The molecule has 1 aromatic heterocycles. The van der Waals surface area contributed by atoms with Crippen molar-refractivity contribution in [3.05, 3.63) is 39.8 Å². The van der Waals surface area contributed by atoms with Gasteiger partial charge in [-0.05, 0) is 24.1 Å². The van der Waals surface area contributed by atoms with Gasteiger partial charge in [0, 0.05) is 43.5 Å². The Balaban J connectivity index is 1.36. The first kappa shape index (κ1) is 24.5. The van der Waals surface area contributed by atoms with Crippen molar-refractivity contribution in [2.75, 3.05) is 53.5 Å². The van der Waals surface area contributed by atoms with Gasteiger partial charge in [-0.3, -0.25) is 14.6 Å². The first-order valence-corrected chi connectivity index (χ1v) is 12.0. The van der Waals surface area contributed by atoms with Gasteiger partial charge < -0.3 is 14.8 Å². The molecule has 1 saturated heterocycles. The largest absolute Gasteiger partial charge is 0.493 e. The SMILES string of the molecule is COc1ccc(CCNC(=O)CN2CCN(Cc3nc(C(C)(C)C)cs3)CC2)cc1OC. The summed E-state index contributed by atoms with van der Waals surface area (Å²) in [6.07, 6.45) is 0.754. The molecule has 0 saturated carbocycles. The number of hydrogen-bond acceptors (Lipinski definition) is 7. The minimum absolute atomic E-state index is 0.0775. The van der Waals surface area contributed by atoms with E-state index in [4.69, 9.17) is 14.5 Å². The van der Waals surface area contributed by atoms with Crippen molar-refractivity contribution < 1.29 is 14.3 Å². The number of carbonyl (C=O) groups is 1. The van der Waals surface area contributed by atoms with Crippen LogP contribution >= 0.6 is 11.3 Å². The van der Waals surface area contributed by atoms with E-state index in [1.165, 1.54) is 10.7 Å². The van der Waals surface area contributed by atoms with E-state index in [-0.39, 0.29) is 11.3 Å². The van der Waals surface area contributed by atoms with Crippen molar-refractivity contribution in [1.29, 1.82) is 0 Å². The summed E-state index contributed by atoms with van der Waals surface area (Å²) in [5.41, 5.74) is 2.37. The molecule has 1 amide bonds. The van der Waals surface area contributed by atoms with Crippen molar-refractivity contribution in [1.82, 2.24) is 20.1 Å². The molecule has 0 spiro atoms. The Morgan fingerprint density at radius 2 is 1.78 bits per heavy atom. The van der Waals surface area contributed by atoms with Crippen LogP contribution in [-0.4, -0.2) is 74.2 Å². The third-order valence-corrected chi connectivity index (χ3v) is 6.53. The number of thiazole rings is 1. The smallest absolute Gasteiger partial charge is 0.234 e. The molecule has 3 rings (SSSR count). The van der Waals surface area contributed by atoms with E-state index in [0.29, 0.717) is 24.6 Å². The minimum atomic E-state index is 0.0775. The quantitative estimate of drug-likeness (QED) is 0.621. The minimum Gasteiger partial charge on any atom is -0.493 e. The summed E-state index contributed by atoms with van der Waals surface area (Å²) in [5.74, 6) is 1.50. The second-order valence-corrected chi connectivity index (χ2v) is 10.2. The predicted molar refractivity (Wildman–Crippen MR) is 129 cm³/mol. The fourth-order valence-corrected chi connectivity index (χ4v) is 4.73. The molecule has 1 fully saturated rings. The van der Waals surface area contributed by atoms with Gasteiger partial charge >= 0.3 is 0 Å².